The average molecular weight is 343 g/mol. The SMILES string of the molecule is CC1CC(N2CCCN(c3ccc(C(F)(F)F)cn3)CC2)C(=O)O1. The Morgan fingerprint density at radius 1 is 1.21 bits per heavy atom. The summed E-state index contributed by atoms with van der Waals surface area (Å²) in [6, 6.07) is 2.26. The van der Waals surface area contributed by atoms with Gasteiger partial charge in [-0.2, -0.15) is 13.2 Å². The van der Waals surface area contributed by atoms with Gasteiger partial charge in [0.25, 0.3) is 0 Å². The Labute approximate surface area is 138 Å². The van der Waals surface area contributed by atoms with Gasteiger partial charge < -0.3 is 9.64 Å². The van der Waals surface area contributed by atoms with Gasteiger partial charge in [0, 0.05) is 38.8 Å². The number of esters is 1. The molecule has 0 saturated carbocycles. The van der Waals surface area contributed by atoms with Gasteiger partial charge in [-0.1, -0.05) is 0 Å². The molecule has 1 aromatic rings. The molecule has 2 aliphatic heterocycles. The number of carbonyl (C=O) groups excluding carboxylic acids is 1. The van der Waals surface area contributed by atoms with Crippen LogP contribution in [0.5, 0.6) is 0 Å². The molecule has 8 heteroatoms. The van der Waals surface area contributed by atoms with Crippen LogP contribution in [-0.4, -0.2) is 54.2 Å². The van der Waals surface area contributed by atoms with Gasteiger partial charge in [-0.05, 0) is 25.5 Å². The largest absolute Gasteiger partial charge is 0.461 e. The van der Waals surface area contributed by atoms with Crippen LogP contribution in [0.3, 0.4) is 0 Å². The van der Waals surface area contributed by atoms with E-state index in [1.807, 2.05) is 11.8 Å². The Morgan fingerprint density at radius 3 is 2.58 bits per heavy atom. The number of aromatic nitrogens is 1. The molecule has 0 aliphatic carbocycles. The minimum absolute atomic E-state index is 0.0570. The lowest BCUT2D eigenvalue weighted by Gasteiger charge is -2.25. The van der Waals surface area contributed by atoms with E-state index in [2.05, 4.69) is 9.88 Å². The molecule has 0 amide bonds. The van der Waals surface area contributed by atoms with Crippen molar-refractivity contribution in [2.45, 2.75) is 38.1 Å². The van der Waals surface area contributed by atoms with Crippen molar-refractivity contribution in [2.75, 3.05) is 31.1 Å². The first kappa shape index (κ1) is 17.0. The molecule has 0 aromatic carbocycles. The Balaban J connectivity index is 1.64. The van der Waals surface area contributed by atoms with E-state index in [1.54, 1.807) is 0 Å². The number of cyclic esters (lactones) is 1. The van der Waals surface area contributed by atoms with Crippen LogP contribution in [0.4, 0.5) is 19.0 Å². The molecule has 0 radical (unpaired) electrons. The van der Waals surface area contributed by atoms with E-state index < -0.39 is 11.7 Å². The summed E-state index contributed by atoms with van der Waals surface area (Å²) in [5.74, 6) is 0.357. The van der Waals surface area contributed by atoms with E-state index in [-0.39, 0.29) is 18.1 Å². The third-order valence-electron chi connectivity index (χ3n) is 4.52. The van der Waals surface area contributed by atoms with Crippen molar-refractivity contribution in [1.82, 2.24) is 9.88 Å². The second-order valence-electron chi connectivity index (χ2n) is 6.28. The maximum absolute atomic E-state index is 12.6. The maximum atomic E-state index is 12.6. The summed E-state index contributed by atoms with van der Waals surface area (Å²) in [5.41, 5.74) is -0.745. The fourth-order valence-corrected chi connectivity index (χ4v) is 3.25. The summed E-state index contributed by atoms with van der Waals surface area (Å²) in [6.45, 7) is 4.63. The zero-order valence-corrected chi connectivity index (χ0v) is 13.4. The fraction of sp³-hybridized carbons (Fsp3) is 0.625. The highest BCUT2D eigenvalue weighted by Gasteiger charge is 2.37. The van der Waals surface area contributed by atoms with Crippen molar-refractivity contribution in [3.63, 3.8) is 0 Å². The molecule has 3 rings (SSSR count). The van der Waals surface area contributed by atoms with Gasteiger partial charge in [-0.3, -0.25) is 9.69 Å². The van der Waals surface area contributed by atoms with Gasteiger partial charge in [0.15, 0.2) is 0 Å². The number of rotatable bonds is 2. The molecule has 0 bridgehead atoms. The molecule has 132 valence electrons. The van der Waals surface area contributed by atoms with Gasteiger partial charge in [0.1, 0.15) is 18.0 Å². The highest BCUT2D eigenvalue weighted by molar-refractivity contribution is 5.78. The van der Waals surface area contributed by atoms with Crippen molar-refractivity contribution in [3.8, 4) is 0 Å². The molecule has 2 saturated heterocycles. The number of ether oxygens (including phenoxy) is 1. The number of hydrogen-bond donors (Lipinski definition) is 0. The van der Waals surface area contributed by atoms with Gasteiger partial charge in [-0.25, -0.2) is 4.98 Å². The minimum Gasteiger partial charge on any atom is -0.461 e. The number of nitrogens with zero attached hydrogens (tertiary/aromatic N) is 3. The summed E-state index contributed by atoms with van der Waals surface area (Å²) < 4.78 is 43.1. The lowest BCUT2D eigenvalue weighted by molar-refractivity contribution is -0.144. The predicted octanol–water partition coefficient (Wildman–Crippen LogP) is 2.32. The Morgan fingerprint density at radius 2 is 2.00 bits per heavy atom. The zero-order chi connectivity index (χ0) is 17.3. The molecular formula is C16H20F3N3O2. The summed E-state index contributed by atoms with van der Waals surface area (Å²) in [4.78, 5) is 19.9. The molecular weight excluding hydrogens is 323 g/mol. The van der Waals surface area contributed by atoms with Gasteiger partial charge in [0.2, 0.25) is 0 Å². The van der Waals surface area contributed by atoms with Crippen LogP contribution in [0.2, 0.25) is 0 Å². The predicted molar refractivity (Wildman–Crippen MR) is 81.6 cm³/mol. The minimum atomic E-state index is -4.37. The number of halogens is 3. The first-order chi connectivity index (χ1) is 11.3. The van der Waals surface area contributed by atoms with Crippen LogP contribution in [-0.2, 0) is 15.7 Å². The van der Waals surface area contributed by atoms with Crippen LogP contribution in [0.25, 0.3) is 0 Å². The normalized spacial score (nSPS) is 26.3. The first-order valence-electron chi connectivity index (χ1n) is 8.07. The monoisotopic (exact) mass is 343 g/mol. The summed E-state index contributed by atoms with van der Waals surface area (Å²) in [7, 11) is 0. The molecule has 2 aliphatic rings. The van der Waals surface area contributed by atoms with E-state index in [0.29, 0.717) is 31.9 Å². The molecule has 0 N–H and O–H groups in total. The number of alkyl halides is 3. The molecule has 1 aromatic heterocycles. The lowest BCUT2D eigenvalue weighted by Crippen LogP contribution is -2.41. The van der Waals surface area contributed by atoms with Crippen molar-refractivity contribution in [3.05, 3.63) is 23.9 Å². The Bertz CT molecular complexity index is 591. The molecule has 2 atom stereocenters. The van der Waals surface area contributed by atoms with E-state index in [9.17, 15) is 18.0 Å². The number of carbonyl (C=O) groups is 1. The fourth-order valence-electron chi connectivity index (χ4n) is 3.25. The molecule has 5 nitrogen and oxygen atoms in total. The second kappa shape index (κ2) is 6.58. The van der Waals surface area contributed by atoms with E-state index >= 15 is 0 Å². The standard InChI is InChI=1S/C16H20F3N3O2/c1-11-9-13(15(23)24-11)21-5-2-6-22(8-7-21)14-4-3-12(10-20-14)16(17,18)19/h3-4,10-11,13H,2,5-9H2,1H3. The molecule has 24 heavy (non-hydrogen) atoms. The van der Waals surface area contributed by atoms with Crippen molar-refractivity contribution in [2.24, 2.45) is 0 Å². The highest BCUT2D eigenvalue weighted by Crippen LogP contribution is 2.29. The van der Waals surface area contributed by atoms with Crippen LogP contribution in [0, 0.1) is 0 Å². The quantitative estimate of drug-likeness (QED) is 0.771. The molecule has 2 unspecified atom stereocenters. The molecule has 0 spiro atoms. The topological polar surface area (TPSA) is 45.7 Å². The summed E-state index contributed by atoms with van der Waals surface area (Å²) in [6.07, 6.45) is -2.05. The van der Waals surface area contributed by atoms with Gasteiger partial charge in [-0.15, -0.1) is 0 Å². The zero-order valence-electron chi connectivity index (χ0n) is 13.4. The van der Waals surface area contributed by atoms with E-state index in [0.717, 1.165) is 25.2 Å². The lowest BCUT2D eigenvalue weighted by atomic mass is 10.1. The molecule has 2 fully saturated rings. The Hall–Kier alpha value is -1.83. The average Bonchev–Trinajstić information content (AvgIpc) is 2.74. The first-order valence-corrected chi connectivity index (χ1v) is 8.07. The van der Waals surface area contributed by atoms with Gasteiger partial charge >= 0.3 is 12.1 Å². The van der Waals surface area contributed by atoms with Crippen molar-refractivity contribution < 1.29 is 22.7 Å². The van der Waals surface area contributed by atoms with Crippen LogP contribution >= 0.6 is 0 Å². The van der Waals surface area contributed by atoms with Crippen LogP contribution in [0.15, 0.2) is 18.3 Å². The van der Waals surface area contributed by atoms with Crippen molar-refractivity contribution in [1.29, 1.82) is 0 Å². The number of anilines is 1. The third-order valence-corrected chi connectivity index (χ3v) is 4.52. The molecule has 3 heterocycles. The Kier molecular flexibility index (Phi) is 4.67. The van der Waals surface area contributed by atoms with E-state index in [1.165, 1.54) is 6.07 Å². The maximum Gasteiger partial charge on any atom is 0.417 e. The second-order valence-corrected chi connectivity index (χ2v) is 6.28. The smallest absolute Gasteiger partial charge is 0.417 e. The highest BCUT2D eigenvalue weighted by atomic mass is 19.4. The van der Waals surface area contributed by atoms with Gasteiger partial charge in [0.05, 0.1) is 5.56 Å². The number of hydrogen-bond acceptors (Lipinski definition) is 5. The summed E-state index contributed by atoms with van der Waals surface area (Å²) in [5, 5.41) is 0. The van der Waals surface area contributed by atoms with Crippen LogP contribution in [0.1, 0.15) is 25.3 Å². The van der Waals surface area contributed by atoms with Crippen LogP contribution < -0.4 is 4.90 Å². The number of pyridine rings is 1. The summed E-state index contributed by atoms with van der Waals surface area (Å²) >= 11 is 0. The van der Waals surface area contributed by atoms with E-state index in [4.69, 9.17) is 4.74 Å². The third kappa shape index (κ3) is 3.63. The van der Waals surface area contributed by atoms with Crippen molar-refractivity contribution >= 4 is 11.8 Å².